The third kappa shape index (κ3) is 7.19. The molecule has 0 atom stereocenters. The first-order chi connectivity index (χ1) is 5.22. The molecule has 5 heteroatoms. The van der Waals surface area contributed by atoms with Crippen molar-refractivity contribution in [3.05, 3.63) is 34.3 Å². The van der Waals surface area contributed by atoms with Crippen LogP contribution in [-0.2, 0) is 4.79 Å². The second kappa shape index (κ2) is 9.62. The van der Waals surface area contributed by atoms with Crippen LogP contribution in [0.2, 0.25) is 10.0 Å². The molecule has 0 aromatic heterocycles. The molecule has 0 aliphatic carbocycles. The summed E-state index contributed by atoms with van der Waals surface area (Å²) < 4.78 is 0. The normalized spacial score (nSPS) is 7.17. The summed E-state index contributed by atoms with van der Waals surface area (Å²) in [5.74, 6) is 0. The smallest absolute Gasteiger partial charge is 1.00 e. The van der Waals surface area contributed by atoms with Gasteiger partial charge in [-0.2, -0.15) is 0 Å². The summed E-state index contributed by atoms with van der Waals surface area (Å²) in [6.07, 6.45) is 0. The molecular weight excluding hydrogens is 227 g/mol. The largest absolute Gasteiger partial charge is 2.00 e. The standard InChI is InChI=1S/C6H4Cl2.CH2O2.Ca.2H/c7-5-3-1-2-4-6(5)8;2-1-3;;;/h1-4H;1H,(H,2,3);;;/q;;+2;2*-1. The summed E-state index contributed by atoms with van der Waals surface area (Å²) in [5, 5.41) is 8.10. The van der Waals surface area contributed by atoms with E-state index in [1.165, 1.54) is 0 Å². The fraction of sp³-hybridized carbons (Fsp3) is 0. The van der Waals surface area contributed by atoms with E-state index in [1.807, 2.05) is 12.1 Å². The van der Waals surface area contributed by atoms with Crippen LogP contribution < -0.4 is 0 Å². The third-order valence-corrected chi connectivity index (χ3v) is 1.58. The summed E-state index contributed by atoms with van der Waals surface area (Å²) in [4.78, 5) is 8.36. The minimum absolute atomic E-state index is 0. The molecule has 0 aliphatic rings. The quantitative estimate of drug-likeness (QED) is 0.554. The van der Waals surface area contributed by atoms with Crippen LogP contribution in [0.5, 0.6) is 0 Å². The number of hydrogen-bond acceptors (Lipinski definition) is 1. The topological polar surface area (TPSA) is 37.3 Å². The van der Waals surface area contributed by atoms with Crippen LogP contribution in [0.25, 0.3) is 0 Å². The number of carbonyl (C=O) groups is 1. The third-order valence-electron chi connectivity index (χ3n) is 0.824. The van der Waals surface area contributed by atoms with Gasteiger partial charge in [-0.3, -0.25) is 4.79 Å². The summed E-state index contributed by atoms with van der Waals surface area (Å²) in [7, 11) is 0. The van der Waals surface area contributed by atoms with E-state index in [0.29, 0.717) is 10.0 Å². The van der Waals surface area contributed by atoms with E-state index >= 15 is 0 Å². The Morgan fingerprint density at radius 3 is 1.67 bits per heavy atom. The van der Waals surface area contributed by atoms with Gasteiger partial charge < -0.3 is 7.96 Å². The van der Waals surface area contributed by atoms with Gasteiger partial charge in [0.1, 0.15) is 0 Å². The zero-order chi connectivity index (χ0) is 8.69. The summed E-state index contributed by atoms with van der Waals surface area (Å²) in [6.45, 7) is -0.250. The van der Waals surface area contributed by atoms with E-state index < -0.39 is 0 Å². The Kier molecular flexibility index (Phi) is 12.0. The second-order valence-electron chi connectivity index (χ2n) is 1.52. The maximum atomic E-state index is 8.36. The molecule has 0 amide bonds. The van der Waals surface area contributed by atoms with Gasteiger partial charge in [-0.25, -0.2) is 0 Å². The van der Waals surface area contributed by atoms with Gasteiger partial charge >= 0.3 is 37.7 Å². The molecule has 12 heavy (non-hydrogen) atoms. The van der Waals surface area contributed by atoms with Crippen molar-refractivity contribution in [3.63, 3.8) is 0 Å². The average Bonchev–Trinajstić information content (AvgIpc) is 1.97. The Balaban J connectivity index is -0.0000000758. The van der Waals surface area contributed by atoms with Crippen molar-refractivity contribution in [2.24, 2.45) is 0 Å². The molecule has 0 heterocycles. The first kappa shape index (κ1) is 15.0. The monoisotopic (exact) mass is 234 g/mol. The molecule has 2 nitrogen and oxygen atoms in total. The number of rotatable bonds is 0. The van der Waals surface area contributed by atoms with Crippen LogP contribution in [0.3, 0.4) is 0 Å². The van der Waals surface area contributed by atoms with Crippen molar-refractivity contribution in [1.29, 1.82) is 0 Å². The molecule has 0 fully saturated rings. The predicted molar refractivity (Wildman–Crippen MR) is 53.1 cm³/mol. The van der Waals surface area contributed by atoms with Crippen LogP contribution in [0, 0.1) is 0 Å². The van der Waals surface area contributed by atoms with Crippen molar-refractivity contribution >= 4 is 67.4 Å². The zero-order valence-corrected chi connectivity index (χ0v) is 9.93. The van der Waals surface area contributed by atoms with Crippen LogP contribution >= 0.6 is 23.2 Å². The SMILES string of the molecule is Clc1ccccc1Cl.O=CO.[Ca+2].[H-].[H-]. The number of benzene rings is 1. The second-order valence-corrected chi connectivity index (χ2v) is 2.33. The number of halogens is 2. The van der Waals surface area contributed by atoms with Gasteiger partial charge in [0.25, 0.3) is 6.47 Å². The molecule has 0 aliphatic heterocycles. The summed E-state index contributed by atoms with van der Waals surface area (Å²) in [5.41, 5.74) is 0. The Hall–Kier alpha value is 0.530. The average molecular weight is 235 g/mol. The maximum absolute atomic E-state index is 8.36. The molecular formula is C7H8CaCl2O2. The first-order valence-electron chi connectivity index (χ1n) is 2.70. The van der Waals surface area contributed by atoms with Crippen LogP contribution in [-0.4, -0.2) is 49.3 Å². The van der Waals surface area contributed by atoms with Crippen molar-refractivity contribution in [1.82, 2.24) is 0 Å². The Morgan fingerprint density at radius 1 is 1.25 bits per heavy atom. The van der Waals surface area contributed by atoms with E-state index in [1.54, 1.807) is 12.1 Å². The number of carboxylic acid groups (broad SMARTS) is 1. The van der Waals surface area contributed by atoms with E-state index in [-0.39, 0.29) is 47.1 Å². The van der Waals surface area contributed by atoms with Gasteiger partial charge in [0, 0.05) is 0 Å². The van der Waals surface area contributed by atoms with Crippen LogP contribution in [0.1, 0.15) is 2.85 Å². The van der Waals surface area contributed by atoms with Gasteiger partial charge in [0.05, 0.1) is 10.0 Å². The van der Waals surface area contributed by atoms with Crippen molar-refractivity contribution < 1.29 is 12.8 Å². The van der Waals surface area contributed by atoms with Gasteiger partial charge in [-0.15, -0.1) is 0 Å². The zero-order valence-electron chi connectivity index (χ0n) is 8.21. The predicted octanol–water partition coefficient (Wildman–Crippen LogP) is 2.54. The van der Waals surface area contributed by atoms with Crippen LogP contribution in [0.15, 0.2) is 24.3 Å². The molecule has 0 bridgehead atoms. The Morgan fingerprint density at radius 2 is 1.50 bits per heavy atom. The summed E-state index contributed by atoms with van der Waals surface area (Å²) in [6, 6.07) is 7.19. The molecule has 0 radical (unpaired) electrons. The Labute approximate surface area is 113 Å². The van der Waals surface area contributed by atoms with Crippen molar-refractivity contribution in [3.8, 4) is 0 Å². The van der Waals surface area contributed by atoms with Gasteiger partial charge in [-0.05, 0) is 12.1 Å². The minimum atomic E-state index is -0.250. The molecule has 64 valence electrons. The fourth-order valence-electron chi connectivity index (χ4n) is 0.439. The van der Waals surface area contributed by atoms with Gasteiger partial charge in [0.2, 0.25) is 0 Å². The molecule has 0 unspecified atom stereocenters. The molecule has 1 N–H and O–H groups in total. The van der Waals surface area contributed by atoms with Gasteiger partial charge in [0.15, 0.2) is 0 Å². The van der Waals surface area contributed by atoms with E-state index in [0.717, 1.165) is 0 Å². The van der Waals surface area contributed by atoms with Crippen molar-refractivity contribution in [2.45, 2.75) is 0 Å². The number of hydrogen-bond donors (Lipinski definition) is 1. The first-order valence-corrected chi connectivity index (χ1v) is 3.46. The summed E-state index contributed by atoms with van der Waals surface area (Å²) >= 11 is 11.2. The van der Waals surface area contributed by atoms with Crippen molar-refractivity contribution in [2.75, 3.05) is 0 Å². The molecule has 0 spiro atoms. The Bertz CT molecular complexity index is 218. The molecule has 1 aromatic carbocycles. The molecule has 1 aromatic rings. The molecule has 0 saturated heterocycles. The van der Waals surface area contributed by atoms with E-state index in [9.17, 15) is 0 Å². The van der Waals surface area contributed by atoms with Crippen LogP contribution in [0.4, 0.5) is 0 Å². The van der Waals surface area contributed by atoms with E-state index in [4.69, 9.17) is 33.1 Å². The fourth-order valence-corrected chi connectivity index (χ4v) is 0.711. The minimum Gasteiger partial charge on any atom is -1.00 e. The van der Waals surface area contributed by atoms with E-state index in [2.05, 4.69) is 0 Å². The maximum Gasteiger partial charge on any atom is 2.00 e. The van der Waals surface area contributed by atoms with Gasteiger partial charge in [-0.1, -0.05) is 35.3 Å². The molecule has 1 rings (SSSR count). The molecule has 0 saturated carbocycles.